The van der Waals surface area contributed by atoms with Crippen molar-refractivity contribution in [3.05, 3.63) is 0 Å². The van der Waals surface area contributed by atoms with E-state index in [4.69, 9.17) is 94.7 Å². The van der Waals surface area contributed by atoms with Gasteiger partial charge in [-0.25, -0.2) is 0 Å². The van der Waals surface area contributed by atoms with Gasteiger partial charge in [-0.05, 0) is 0 Å². The van der Waals surface area contributed by atoms with Crippen molar-refractivity contribution in [2.24, 2.45) is 0 Å². The highest BCUT2D eigenvalue weighted by Gasteiger charge is 2.62. The topological polar surface area (TPSA) is 897 Å². The number of rotatable bonds is 38. The zero-order valence-corrected chi connectivity index (χ0v) is 69.7. The van der Waals surface area contributed by atoms with Gasteiger partial charge >= 0.3 is 0 Å². The van der Waals surface area contributed by atoms with Gasteiger partial charge in [-0.3, -0.25) is 24.0 Å². The molecule has 51 atom stereocenters. The van der Waals surface area contributed by atoms with Gasteiger partial charge in [-0.1, -0.05) is 0 Å². The van der Waals surface area contributed by atoms with Gasteiger partial charge in [-0.2, -0.15) is 0 Å². The molecule has 0 saturated carbocycles. The van der Waals surface area contributed by atoms with Gasteiger partial charge in [0, 0.05) is 27.7 Å². The van der Waals surface area contributed by atoms with Crippen molar-refractivity contribution in [1.29, 1.82) is 0 Å². The summed E-state index contributed by atoms with van der Waals surface area (Å²) in [6, 6.07) is -8.67. The molecule has 58 nitrogen and oxygen atoms in total. The van der Waals surface area contributed by atoms with E-state index >= 15 is 0 Å². The largest absolute Gasteiger partial charge is 0.394 e. The van der Waals surface area contributed by atoms with Crippen LogP contribution in [0.3, 0.4) is 0 Å². The summed E-state index contributed by atoms with van der Waals surface area (Å²) in [7, 11) is 0. The van der Waals surface area contributed by atoms with E-state index in [1.165, 1.54) is 0 Å². The second kappa shape index (κ2) is 48.1. The van der Waals surface area contributed by atoms with E-state index in [1.807, 2.05) is 0 Å². The third-order valence-electron chi connectivity index (χ3n) is 23.4. The standard InChI is InChI=1S/C72H121N5O53/c1-18(88)74-33-43(98)37(92)23(6-79)114-63(33)112-15-31-39(94)48(103)51(106)69(122-31)124-57-28(11-84)119-66(35(45(57)100)76-20(3)90)129-62-42(97)32(16-113-64-34(75-19(2)89)44(99)56(27(10-83)118-64)125-70-54(109)61(41(96)26(9-82)116-70)130-68-50(105)47(102)38(93)24(7-80)115-68)123-72(55(62)110)126-58-29(12-85)120-65(36(46(58)101)77-21(4)91)128-60-40(95)25(8-81)117-71(53(60)108)127-59-30(13-86)121-67(52(107)49(59)104)111-14-22(5-78)73-17-87/h17,22-72,78-86,92-110H,5-16H2,1-4H3,(H,73,87)(H,74,88)(H,75,89)(H,76,90)(H,77,91)/t22-,23-,24-,25-,26-,27-,28-,29-,30-,31-,32-,33-,34-,35-,36-,37-,38+,39+,40+,41+,42+,43-,44-,45-,46-,47+,48+,49-,50-,51-,52-,53-,54-,55-,56-,57-,58-,59-,60+,61+,62+,63-,64-,65+,66+,67-,68-,69+,70+,71+,72+/m1/s1. The molecular weight excluding hydrogens is 1780 g/mol. The summed E-state index contributed by atoms with van der Waals surface area (Å²) in [5.74, 6) is -3.78. The molecule has 752 valence electrons. The summed E-state index contributed by atoms with van der Waals surface area (Å²) < 4.78 is 118. The molecular formula is C72H121N5O53. The van der Waals surface area contributed by atoms with Gasteiger partial charge in [0.05, 0.1) is 85.3 Å². The minimum atomic E-state index is -2.58. The number of nitrogens with one attached hydrogen (secondary N) is 5. The van der Waals surface area contributed by atoms with E-state index in [2.05, 4.69) is 26.6 Å². The summed E-state index contributed by atoms with van der Waals surface area (Å²) >= 11 is 0. The molecule has 0 aliphatic carbocycles. The van der Waals surface area contributed by atoms with Crippen LogP contribution in [0.4, 0.5) is 0 Å². The number of carbonyl (C=O) groups is 5. The highest BCUT2D eigenvalue weighted by molar-refractivity contribution is 5.74. The summed E-state index contributed by atoms with van der Waals surface area (Å²) in [4.78, 5) is 62.8. The van der Waals surface area contributed by atoms with Crippen LogP contribution in [-0.2, 0) is 119 Å². The van der Waals surface area contributed by atoms with Gasteiger partial charge in [0.2, 0.25) is 30.0 Å². The smallest absolute Gasteiger partial charge is 0.217 e. The molecule has 0 aromatic carbocycles. The zero-order chi connectivity index (χ0) is 95.6. The normalized spacial score (nSPS) is 47.6. The van der Waals surface area contributed by atoms with Crippen molar-refractivity contribution in [1.82, 2.24) is 26.6 Å². The van der Waals surface area contributed by atoms with Gasteiger partial charge in [0.15, 0.2) is 62.9 Å². The molecule has 5 amide bonds. The maximum Gasteiger partial charge on any atom is 0.217 e. The summed E-state index contributed by atoms with van der Waals surface area (Å²) in [5.41, 5.74) is 0. The first-order valence-corrected chi connectivity index (χ1v) is 41.4. The predicted molar refractivity (Wildman–Crippen MR) is 400 cm³/mol. The van der Waals surface area contributed by atoms with Crippen LogP contribution in [0, 0.1) is 0 Å². The van der Waals surface area contributed by atoms with E-state index in [-0.39, 0.29) is 6.41 Å². The minimum absolute atomic E-state index is 0.237. The number of amides is 5. The van der Waals surface area contributed by atoms with Crippen LogP contribution in [0.2, 0.25) is 0 Å². The Morgan fingerprint density at radius 1 is 0.254 bits per heavy atom. The van der Waals surface area contributed by atoms with Crippen LogP contribution in [0.25, 0.3) is 0 Å². The lowest BCUT2D eigenvalue weighted by atomic mass is 9.93. The molecule has 0 unspecified atom stereocenters. The lowest BCUT2D eigenvalue weighted by Gasteiger charge is -2.51. The number of aliphatic hydroxyl groups excluding tert-OH is 28. The number of hydrogen-bond acceptors (Lipinski definition) is 53. The van der Waals surface area contributed by atoms with E-state index in [0.717, 1.165) is 27.7 Å². The highest BCUT2D eigenvalue weighted by atomic mass is 16.8. The summed E-state index contributed by atoms with van der Waals surface area (Å²) in [6.45, 7) is -8.26. The van der Waals surface area contributed by atoms with Gasteiger partial charge < -0.3 is 264 Å². The van der Waals surface area contributed by atoms with Crippen LogP contribution >= 0.6 is 0 Å². The van der Waals surface area contributed by atoms with Gasteiger partial charge in [0.1, 0.15) is 244 Å². The molecule has 33 N–H and O–H groups in total. The minimum Gasteiger partial charge on any atom is -0.394 e. The molecule has 0 aromatic rings. The molecule has 130 heavy (non-hydrogen) atoms. The lowest BCUT2D eigenvalue weighted by molar-refractivity contribution is -0.390. The number of hydrogen-bond donors (Lipinski definition) is 33. The number of aliphatic hydroxyl groups is 28. The number of ether oxygens (including phenoxy) is 20. The summed E-state index contributed by atoms with van der Waals surface area (Å²) in [5, 5.41) is 324. The molecule has 10 aliphatic rings. The monoisotopic (exact) mass is 1900 g/mol. The molecule has 10 heterocycles. The molecule has 10 aliphatic heterocycles. The fraction of sp³-hybridized carbons (Fsp3) is 0.931. The van der Waals surface area contributed by atoms with Crippen LogP contribution in [0.15, 0.2) is 0 Å². The predicted octanol–water partition coefficient (Wildman–Crippen LogP) is -23.1. The van der Waals surface area contributed by atoms with Crippen LogP contribution in [-0.4, -0.2) is 565 Å². The quantitative estimate of drug-likeness (QED) is 0.0255. The van der Waals surface area contributed by atoms with Gasteiger partial charge in [-0.15, -0.1) is 0 Å². The third-order valence-corrected chi connectivity index (χ3v) is 23.4. The molecule has 10 fully saturated rings. The fourth-order valence-electron chi connectivity index (χ4n) is 16.5. The average Bonchev–Trinajstić information content (AvgIpc) is 0.763. The highest BCUT2D eigenvalue weighted by Crippen LogP contribution is 2.41. The maximum atomic E-state index is 13.3. The van der Waals surface area contributed by atoms with Crippen LogP contribution in [0.1, 0.15) is 27.7 Å². The van der Waals surface area contributed by atoms with E-state index in [0.29, 0.717) is 0 Å². The van der Waals surface area contributed by atoms with Crippen molar-refractivity contribution >= 4 is 30.0 Å². The molecule has 10 saturated heterocycles. The first-order chi connectivity index (χ1) is 61.7. The first kappa shape index (κ1) is 107. The Hall–Kier alpha value is -4.57. The summed E-state index contributed by atoms with van der Waals surface area (Å²) in [6.07, 6.45) is -95.2. The maximum absolute atomic E-state index is 13.3. The van der Waals surface area contributed by atoms with Crippen molar-refractivity contribution in [2.45, 2.75) is 341 Å². The third kappa shape index (κ3) is 24.4. The second-order valence-corrected chi connectivity index (χ2v) is 32.5. The number of carbonyl (C=O) groups excluding carboxylic acids is 5. The van der Waals surface area contributed by atoms with E-state index in [1.54, 1.807) is 0 Å². The van der Waals surface area contributed by atoms with E-state index < -0.39 is 416 Å². The Morgan fingerprint density at radius 3 is 0.831 bits per heavy atom. The molecule has 0 aromatic heterocycles. The van der Waals surface area contributed by atoms with Crippen LogP contribution in [0.5, 0.6) is 0 Å². The molecule has 10 rings (SSSR count). The SMILES string of the molecule is CC(=O)N[C@H]1[C@H](O[C@H]2[C@@H](O)[C@@H](CO[C@@H]3O[C@H](CO)[C@@H](O[C@@H]4O[C@H](CO)[C@H](O)[C@H](O[C@H]5O[C@H](CO)[C@H](O)[C@H](O)[C@H]5O)[C@H]4O)[C@H](O)[C@H]3NC(C)=O)O[C@@H](O[C@H]3[C@H](O)[C@@H](NC(C)=O)[C@H](O[C@H]4[C@@H](O)[C@@H](CO)O[C@@H](O[C@H]5[C@H](O)[C@@H](O)[C@H](OC[C@@H](CO)NC=O)O[C@@H]5CO)[C@@H]4O)O[C@@H]3CO)[C@@H]2O)O[C@H](CO)[C@@H](O[C@@H]2O[C@H](CO[C@@H]3O[C@H](CO)[C@@H](O)[C@H](O)[C@H]3NC(C)=O)[C@H](O)[C@H](O)[C@H]2O)[C@@H]1O. The Kier molecular flexibility index (Phi) is 39.8. The molecule has 0 bridgehead atoms. The molecule has 0 spiro atoms. The Balaban J connectivity index is 0.928. The zero-order valence-electron chi connectivity index (χ0n) is 69.7. The van der Waals surface area contributed by atoms with Crippen molar-refractivity contribution in [2.75, 3.05) is 79.3 Å². The fourth-order valence-corrected chi connectivity index (χ4v) is 16.5. The Bertz CT molecular complexity index is 3500. The molecule has 58 heteroatoms. The Morgan fingerprint density at radius 2 is 0.492 bits per heavy atom. The Labute approximate surface area is 736 Å². The average molecular weight is 1900 g/mol. The van der Waals surface area contributed by atoms with Crippen molar-refractivity contribution < 1.29 is 262 Å². The molecule has 0 radical (unpaired) electrons. The van der Waals surface area contributed by atoms with Gasteiger partial charge in [0.25, 0.3) is 0 Å². The lowest BCUT2D eigenvalue weighted by Crippen LogP contribution is -2.71. The van der Waals surface area contributed by atoms with Crippen molar-refractivity contribution in [3.63, 3.8) is 0 Å². The first-order valence-electron chi connectivity index (χ1n) is 41.4. The second-order valence-electron chi connectivity index (χ2n) is 32.5. The van der Waals surface area contributed by atoms with E-state index in [9.17, 15) is 167 Å². The van der Waals surface area contributed by atoms with Crippen molar-refractivity contribution in [3.8, 4) is 0 Å². The van der Waals surface area contributed by atoms with Crippen LogP contribution < -0.4 is 26.6 Å².